The Kier molecular flexibility index (Phi) is 6.00. The molecule has 1 heterocycles. The number of aromatic nitrogens is 1. The van der Waals surface area contributed by atoms with Crippen LogP contribution in [0.1, 0.15) is 18.9 Å². The molecule has 1 amide bonds. The first-order chi connectivity index (χ1) is 14.6. The number of hydrogen-bond donors (Lipinski definition) is 1. The first kappa shape index (κ1) is 20.0. The highest BCUT2D eigenvalue weighted by Crippen LogP contribution is 2.27. The zero-order valence-electron chi connectivity index (χ0n) is 16.5. The summed E-state index contributed by atoms with van der Waals surface area (Å²) < 4.78 is 11.5. The molecule has 0 saturated carbocycles. The molecule has 0 radical (unpaired) electrons. The Hall–Kier alpha value is -3.31. The van der Waals surface area contributed by atoms with E-state index >= 15 is 0 Å². The zero-order valence-corrected chi connectivity index (χ0v) is 17.3. The lowest BCUT2D eigenvalue weighted by Crippen LogP contribution is -2.20. The van der Waals surface area contributed by atoms with Crippen molar-refractivity contribution in [1.29, 1.82) is 0 Å². The third-order valence-corrected chi connectivity index (χ3v) is 4.85. The van der Waals surface area contributed by atoms with E-state index in [0.29, 0.717) is 27.7 Å². The maximum absolute atomic E-state index is 12.3. The number of anilines is 1. The summed E-state index contributed by atoms with van der Waals surface area (Å²) in [6.45, 7) is 2.07. The van der Waals surface area contributed by atoms with Crippen LogP contribution in [0.15, 0.2) is 71.1 Å². The summed E-state index contributed by atoms with van der Waals surface area (Å²) in [5.41, 5.74) is 3.97. The van der Waals surface area contributed by atoms with Crippen molar-refractivity contribution >= 4 is 34.3 Å². The number of ether oxygens (including phenoxy) is 1. The Bertz CT molecular complexity index is 1170. The third-order valence-electron chi connectivity index (χ3n) is 4.62. The number of carbonyl (C=O) groups is 1. The highest BCUT2D eigenvalue weighted by molar-refractivity contribution is 6.31. The Morgan fingerprint density at radius 3 is 2.70 bits per heavy atom. The monoisotopic (exact) mass is 420 g/mol. The van der Waals surface area contributed by atoms with Crippen LogP contribution in [0, 0.1) is 0 Å². The molecule has 6 heteroatoms. The van der Waals surface area contributed by atoms with E-state index in [1.165, 1.54) is 0 Å². The average Bonchev–Trinajstić information content (AvgIpc) is 3.17. The SMILES string of the molecule is CCCc1ccccc1OCC(=O)Nc1ccc(-c2nc3cc(Cl)ccc3o2)cc1. The van der Waals surface area contributed by atoms with E-state index in [1.54, 1.807) is 30.3 Å². The lowest BCUT2D eigenvalue weighted by Gasteiger charge is -2.11. The van der Waals surface area contributed by atoms with Crippen molar-refractivity contribution in [2.45, 2.75) is 19.8 Å². The summed E-state index contributed by atoms with van der Waals surface area (Å²) in [4.78, 5) is 16.7. The molecular weight excluding hydrogens is 400 g/mol. The molecule has 0 unspecified atom stereocenters. The van der Waals surface area contributed by atoms with Gasteiger partial charge >= 0.3 is 0 Å². The second kappa shape index (κ2) is 9.01. The van der Waals surface area contributed by atoms with Gasteiger partial charge < -0.3 is 14.5 Å². The minimum absolute atomic E-state index is 0.0473. The number of rotatable bonds is 7. The molecule has 0 spiro atoms. The number of para-hydroxylation sites is 1. The number of halogens is 1. The normalized spacial score (nSPS) is 10.9. The zero-order chi connectivity index (χ0) is 20.9. The lowest BCUT2D eigenvalue weighted by molar-refractivity contribution is -0.118. The maximum Gasteiger partial charge on any atom is 0.262 e. The van der Waals surface area contributed by atoms with Crippen molar-refractivity contribution in [3.05, 3.63) is 77.3 Å². The fraction of sp³-hybridized carbons (Fsp3) is 0.167. The highest BCUT2D eigenvalue weighted by Gasteiger charge is 2.10. The molecule has 0 saturated heterocycles. The summed E-state index contributed by atoms with van der Waals surface area (Å²) in [6, 6.07) is 20.4. The van der Waals surface area contributed by atoms with Gasteiger partial charge in [0.1, 0.15) is 11.3 Å². The van der Waals surface area contributed by atoms with Crippen molar-refractivity contribution in [2.75, 3.05) is 11.9 Å². The molecule has 5 nitrogen and oxygen atoms in total. The van der Waals surface area contributed by atoms with E-state index in [2.05, 4.69) is 17.2 Å². The standard InChI is InChI=1S/C24H21ClN2O3/c1-2-5-16-6-3-4-7-21(16)29-15-23(28)26-19-11-8-17(9-12-19)24-27-20-14-18(25)10-13-22(20)30-24/h3-4,6-14H,2,5,15H2,1H3,(H,26,28). The summed E-state index contributed by atoms with van der Waals surface area (Å²) >= 11 is 6.00. The molecule has 30 heavy (non-hydrogen) atoms. The molecule has 1 aromatic heterocycles. The fourth-order valence-corrected chi connectivity index (χ4v) is 3.35. The van der Waals surface area contributed by atoms with Gasteiger partial charge in [0, 0.05) is 16.3 Å². The maximum atomic E-state index is 12.3. The molecule has 152 valence electrons. The lowest BCUT2D eigenvalue weighted by atomic mass is 10.1. The molecule has 0 aliphatic carbocycles. The number of nitrogens with zero attached hydrogens (tertiary/aromatic N) is 1. The van der Waals surface area contributed by atoms with Gasteiger partial charge in [-0.15, -0.1) is 0 Å². The van der Waals surface area contributed by atoms with Gasteiger partial charge in [-0.3, -0.25) is 4.79 Å². The molecule has 0 atom stereocenters. The van der Waals surface area contributed by atoms with E-state index in [-0.39, 0.29) is 12.5 Å². The number of amides is 1. The van der Waals surface area contributed by atoms with Crippen molar-refractivity contribution in [3.8, 4) is 17.2 Å². The van der Waals surface area contributed by atoms with Crippen LogP contribution in [0.25, 0.3) is 22.6 Å². The Balaban J connectivity index is 1.39. The van der Waals surface area contributed by atoms with E-state index in [9.17, 15) is 4.79 Å². The number of aryl methyl sites for hydroxylation is 1. The molecule has 4 rings (SSSR count). The van der Waals surface area contributed by atoms with Crippen LogP contribution in [-0.4, -0.2) is 17.5 Å². The van der Waals surface area contributed by atoms with Gasteiger partial charge in [-0.1, -0.05) is 43.1 Å². The highest BCUT2D eigenvalue weighted by atomic mass is 35.5. The van der Waals surface area contributed by atoms with E-state index in [0.717, 1.165) is 29.7 Å². The summed E-state index contributed by atoms with van der Waals surface area (Å²) in [5, 5.41) is 3.46. The first-order valence-electron chi connectivity index (χ1n) is 9.79. The number of carbonyl (C=O) groups excluding carboxylic acids is 1. The molecule has 0 aliphatic heterocycles. The van der Waals surface area contributed by atoms with Crippen LogP contribution in [0.5, 0.6) is 5.75 Å². The van der Waals surface area contributed by atoms with Gasteiger partial charge in [0.15, 0.2) is 12.2 Å². The van der Waals surface area contributed by atoms with Crippen LogP contribution in [0.2, 0.25) is 5.02 Å². The van der Waals surface area contributed by atoms with Crippen molar-refractivity contribution in [2.24, 2.45) is 0 Å². The summed E-state index contributed by atoms with van der Waals surface area (Å²) in [7, 11) is 0. The van der Waals surface area contributed by atoms with Gasteiger partial charge in [0.25, 0.3) is 5.91 Å². The van der Waals surface area contributed by atoms with Crippen molar-refractivity contribution in [3.63, 3.8) is 0 Å². The quantitative estimate of drug-likeness (QED) is 0.391. The van der Waals surface area contributed by atoms with Crippen LogP contribution in [0.4, 0.5) is 5.69 Å². The predicted octanol–water partition coefficient (Wildman–Crippen LogP) is 6.12. The smallest absolute Gasteiger partial charge is 0.262 e. The van der Waals surface area contributed by atoms with Gasteiger partial charge in [-0.25, -0.2) is 4.98 Å². The molecule has 0 bridgehead atoms. The molecule has 4 aromatic rings. The van der Waals surface area contributed by atoms with Crippen molar-refractivity contribution < 1.29 is 13.9 Å². The Morgan fingerprint density at radius 2 is 1.90 bits per heavy atom. The molecular formula is C24H21ClN2O3. The second-order valence-corrected chi connectivity index (χ2v) is 7.34. The number of fused-ring (bicyclic) bond motifs is 1. The van der Waals surface area contributed by atoms with E-state index in [1.807, 2.05) is 36.4 Å². The Morgan fingerprint density at radius 1 is 1.10 bits per heavy atom. The van der Waals surface area contributed by atoms with Crippen molar-refractivity contribution in [1.82, 2.24) is 4.98 Å². The number of oxazole rings is 1. The molecule has 0 fully saturated rings. The van der Waals surface area contributed by atoms with E-state index < -0.39 is 0 Å². The number of hydrogen-bond acceptors (Lipinski definition) is 4. The minimum Gasteiger partial charge on any atom is -0.483 e. The van der Waals surface area contributed by atoms with Gasteiger partial charge in [-0.05, 0) is 60.5 Å². The van der Waals surface area contributed by atoms with Crippen LogP contribution in [-0.2, 0) is 11.2 Å². The largest absolute Gasteiger partial charge is 0.483 e. The number of benzene rings is 3. The fourth-order valence-electron chi connectivity index (χ4n) is 3.18. The summed E-state index contributed by atoms with van der Waals surface area (Å²) in [5.74, 6) is 1.03. The third kappa shape index (κ3) is 4.63. The predicted molar refractivity (Wildman–Crippen MR) is 119 cm³/mol. The second-order valence-electron chi connectivity index (χ2n) is 6.90. The molecule has 0 aliphatic rings. The molecule has 1 N–H and O–H groups in total. The van der Waals surface area contributed by atoms with Crippen LogP contribution >= 0.6 is 11.6 Å². The summed E-state index contributed by atoms with van der Waals surface area (Å²) in [6.07, 6.45) is 1.94. The van der Waals surface area contributed by atoms with Crippen LogP contribution < -0.4 is 10.1 Å². The van der Waals surface area contributed by atoms with E-state index in [4.69, 9.17) is 20.8 Å². The van der Waals surface area contributed by atoms with Gasteiger partial charge in [0.2, 0.25) is 5.89 Å². The average molecular weight is 421 g/mol. The topological polar surface area (TPSA) is 64.4 Å². The number of nitrogens with one attached hydrogen (secondary N) is 1. The molecule has 3 aromatic carbocycles. The minimum atomic E-state index is -0.217. The first-order valence-corrected chi connectivity index (χ1v) is 10.2. The van der Waals surface area contributed by atoms with Gasteiger partial charge in [0.05, 0.1) is 0 Å². The van der Waals surface area contributed by atoms with Gasteiger partial charge in [-0.2, -0.15) is 0 Å². The van der Waals surface area contributed by atoms with Crippen LogP contribution in [0.3, 0.4) is 0 Å². The Labute approximate surface area is 179 Å².